The zero-order valence-corrected chi connectivity index (χ0v) is 9.00. The molecule has 2 heteroatoms. The van der Waals surface area contributed by atoms with E-state index in [-0.39, 0.29) is 5.82 Å². The Kier molecular flexibility index (Phi) is 2.69. The summed E-state index contributed by atoms with van der Waals surface area (Å²) >= 11 is 0. The summed E-state index contributed by atoms with van der Waals surface area (Å²) in [6, 6.07) is 4.91. The van der Waals surface area contributed by atoms with E-state index in [9.17, 15) is 4.39 Å². The van der Waals surface area contributed by atoms with Gasteiger partial charge in [0, 0.05) is 6.54 Å². The lowest BCUT2D eigenvalue weighted by molar-refractivity contribution is 0.457. The highest BCUT2D eigenvalue weighted by Crippen LogP contribution is 2.29. The van der Waals surface area contributed by atoms with Crippen molar-refractivity contribution in [2.45, 2.75) is 0 Å². The van der Waals surface area contributed by atoms with Crippen LogP contribution in [0.3, 0.4) is 0 Å². The SMILES string of the molecule is CN(C)C/C=C1\C=Cc2ccc(F)cc21. The highest BCUT2D eigenvalue weighted by molar-refractivity contribution is 5.89. The minimum absolute atomic E-state index is 0.173. The first-order valence-corrected chi connectivity index (χ1v) is 5.00. The molecule has 0 fully saturated rings. The summed E-state index contributed by atoms with van der Waals surface area (Å²) < 4.78 is 13.1. The molecule has 0 atom stereocenters. The number of hydrogen-bond acceptors (Lipinski definition) is 1. The van der Waals surface area contributed by atoms with E-state index >= 15 is 0 Å². The van der Waals surface area contributed by atoms with E-state index in [0.717, 1.165) is 23.2 Å². The van der Waals surface area contributed by atoms with Crippen LogP contribution in [0.25, 0.3) is 11.6 Å². The molecule has 0 spiro atoms. The molecule has 0 aromatic heterocycles. The number of likely N-dealkylation sites (N-methyl/N-ethyl adjacent to an activating group) is 1. The first kappa shape index (κ1) is 10.1. The first-order valence-electron chi connectivity index (χ1n) is 5.00. The molecule has 2 rings (SSSR count). The van der Waals surface area contributed by atoms with Crippen molar-refractivity contribution >= 4 is 11.6 Å². The number of hydrogen-bond donors (Lipinski definition) is 0. The van der Waals surface area contributed by atoms with Crippen LogP contribution in [0.5, 0.6) is 0 Å². The van der Waals surface area contributed by atoms with Crippen LogP contribution in [0.4, 0.5) is 4.39 Å². The molecule has 0 N–H and O–H groups in total. The Morgan fingerprint density at radius 2 is 2.07 bits per heavy atom. The molecule has 0 amide bonds. The molecule has 0 bridgehead atoms. The van der Waals surface area contributed by atoms with Crippen LogP contribution in [0.1, 0.15) is 11.1 Å². The van der Waals surface area contributed by atoms with Gasteiger partial charge in [0.05, 0.1) is 0 Å². The van der Waals surface area contributed by atoms with E-state index < -0.39 is 0 Å². The molecule has 1 aliphatic carbocycles. The van der Waals surface area contributed by atoms with Crippen LogP contribution in [0.15, 0.2) is 30.4 Å². The van der Waals surface area contributed by atoms with Gasteiger partial charge in [-0.15, -0.1) is 0 Å². The summed E-state index contributed by atoms with van der Waals surface area (Å²) in [7, 11) is 4.03. The maximum Gasteiger partial charge on any atom is 0.123 e. The maximum absolute atomic E-state index is 13.1. The Balaban J connectivity index is 2.31. The van der Waals surface area contributed by atoms with Crippen molar-refractivity contribution in [2.75, 3.05) is 20.6 Å². The topological polar surface area (TPSA) is 3.24 Å². The van der Waals surface area contributed by atoms with Crippen molar-refractivity contribution in [1.29, 1.82) is 0 Å². The van der Waals surface area contributed by atoms with Gasteiger partial charge < -0.3 is 4.90 Å². The number of halogens is 1. The van der Waals surface area contributed by atoms with Crippen LogP contribution in [-0.2, 0) is 0 Å². The van der Waals surface area contributed by atoms with Crippen LogP contribution in [0, 0.1) is 5.82 Å². The van der Waals surface area contributed by atoms with Gasteiger partial charge in [-0.05, 0) is 42.9 Å². The van der Waals surface area contributed by atoms with Gasteiger partial charge in [0.25, 0.3) is 0 Å². The van der Waals surface area contributed by atoms with Gasteiger partial charge in [-0.25, -0.2) is 4.39 Å². The minimum Gasteiger partial charge on any atom is -0.306 e. The van der Waals surface area contributed by atoms with Gasteiger partial charge >= 0.3 is 0 Å². The molecular formula is C13H14FN. The van der Waals surface area contributed by atoms with Gasteiger partial charge in [0.2, 0.25) is 0 Å². The van der Waals surface area contributed by atoms with Crippen LogP contribution in [0.2, 0.25) is 0 Å². The van der Waals surface area contributed by atoms with Crippen molar-refractivity contribution in [2.24, 2.45) is 0 Å². The summed E-state index contributed by atoms with van der Waals surface area (Å²) in [6.45, 7) is 0.871. The molecule has 0 radical (unpaired) electrons. The first-order chi connectivity index (χ1) is 7.16. The normalized spacial score (nSPS) is 16.4. The van der Waals surface area contributed by atoms with Gasteiger partial charge in [0.1, 0.15) is 5.82 Å². The lowest BCUT2D eigenvalue weighted by Crippen LogP contribution is -2.10. The molecule has 0 saturated carbocycles. The maximum atomic E-state index is 13.1. The predicted molar refractivity (Wildman–Crippen MR) is 62.0 cm³/mol. The number of nitrogens with zero attached hydrogens (tertiary/aromatic N) is 1. The fourth-order valence-electron chi connectivity index (χ4n) is 1.65. The van der Waals surface area contributed by atoms with E-state index in [1.807, 2.05) is 32.3 Å². The van der Waals surface area contributed by atoms with Gasteiger partial charge in [0.15, 0.2) is 0 Å². The van der Waals surface area contributed by atoms with Crippen molar-refractivity contribution in [3.8, 4) is 0 Å². The third-order valence-electron chi connectivity index (χ3n) is 2.45. The second kappa shape index (κ2) is 3.99. The molecule has 78 valence electrons. The van der Waals surface area contributed by atoms with Crippen LogP contribution >= 0.6 is 0 Å². The largest absolute Gasteiger partial charge is 0.306 e. The second-order valence-corrected chi connectivity index (χ2v) is 3.99. The summed E-state index contributed by atoms with van der Waals surface area (Å²) in [6.07, 6.45) is 6.17. The van der Waals surface area contributed by atoms with Crippen molar-refractivity contribution < 1.29 is 4.39 Å². The molecular weight excluding hydrogens is 189 g/mol. The molecule has 1 nitrogen and oxygen atoms in total. The quantitative estimate of drug-likeness (QED) is 0.714. The highest BCUT2D eigenvalue weighted by Gasteiger charge is 2.10. The van der Waals surface area contributed by atoms with Crippen LogP contribution < -0.4 is 0 Å². The standard InChI is InChI=1S/C13H14FN/c1-15(2)8-7-11-4-3-10-5-6-12(14)9-13(10)11/h3-7,9H,8H2,1-2H3/b11-7+. The summed E-state index contributed by atoms with van der Waals surface area (Å²) in [4.78, 5) is 2.08. The lowest BCUT2D eigenvalue weighted by atomic mass is 10.1. The Morgan fingerprint density at radius 1 is 1.27 bits per heavy atom. The fraction of sp³-hybridized carbons (Fsp3) is 0.231. The zero-order chi connectivity index (χ0) is 10.8. The van der Waals surface area contributed by atoms with E-state index in [2.05, 4.69) is 11.0 Å². The lowest BCUT2D eigenvalue weighted by Gasteiger charge is -2.06. The number of benzene rings is 1. The average Bonchev–Trinajstić information content (AvgIpc) is 2.57. The summed E-state index contributed by atoms with van der Waals surface area (Å²) in [5, 5.41) is 0. The molecule has 1 aromatic rings. The van der Waals surface area contributed by atoms with E-state index in [0.29, 0.717) is 0 Å². The molecule has 1 aromatic carbocycles. The Labute approximate surface area is 89.5 Å². The Hall–Kier alpha value is -1.41. The van der Waals surface area contributed by atoms with Crippen molar-refractivity contribution in [3.05, 3.63) is 47.3 Å². The minimum atomic E-state index is -0.173. The molecule has 0 heterocycles. The number of allylic oxidation sites excluding steroid dienone is 2. The number of fused-ring (bicyclic) bond motifs is 1. The highest BCUT2D eigenvalue weighted by atomic mass is 19.1. The zero-order valence-electron chi connectivity index (χ0n) is 9.00. The van der Waals surface area contributed by atoms with Gasteiger partial charge in [-0.3, -0.25) is 0 Å². The van der Waals surface area contributed by atoms with E-state index in [1.165, 1.54) is 6.07 Å². The van der Waals surface area contributed by atoms with Crippen LogP contribution in [-0.4, -0.2) is 25.5 Å². The molecule has 0 unspecified atom stereocenters. The Bertz CT molecular complexity index is 430. The van der Waals surface area contributed by atoms with Gasteiger partial charge in [-0.1, -0.05) is 24.3 Å². The van der Waals surface area contributed by atoms with E-state index in [1.54, 1.807) is 6.07 Å². The molecule has 1 aliphatic rings. The average molecular weight is 203 g/mol. The Morgan fingerprint density at radius 3 is 2.80 bits per heavy atom. The third kappa shape index (κ3) is 2.16. The number of rotatable bonds is 2. The summed E-state index contributed by atoms with van der Waals surface area (Å²) in [5.41, 5.74) is 3.21. The third-order valence-corrected chi connectivity index (χ3v) is 2.45. The summed E-state index contributed by atoms with van der Waals surface area (Å²) in [5.74, 6) is -0.173. The van der Waals surface area contributed by atoms with Gasteiger partial charge in [-0.2, -0.15) is 0 Å². The van der Waals surface area contributed by atoms with Crippen molar-refractivity contribution in [3.63, 3.8) is 0 Å². The molecule has 15 heavy (non-hydrogen) atoms. The molecule has 0 saturated heterocycles. The van der Waals surface area contributed by atoms with E-state index in [4.69, 9.17) is 0 Å². The monoisotopic (exact) mass is 203 g/mol. The predicted octanol–water partition coefficient (Wildman–Crippen LogP) is 2.80. The second-order valence-electron chi connectivity index (χ2n) is 3.99. The van der Waals surface area contributed by atoms with Crippen molar-refractivity contribution in [1.82, 2.24) is 4.90 Å². The fourth-order valence-corrected chi connectivity index (χ4v) is 1.65. The molecule has 0 aliphatic heterocycles. The smallest absolute Gasteiger partial charge is 0.123 e.